The van der Waals surface area contributed by atoms with Gasteiger partial charge in [-0.1, -0.05) is 19.8 Å². The van der Waals surface area contributed by atoms with Gasteiger partial charge in [0.25, 0.3) is 0 Å². The fourth-order valence-corrected chi connectivity index (χ4v) is 2.46. The maximum Gasteiger partial charge on any atom is 0.187 e. The van der Waals surface area contributed by atoms with Crippen molar-refractivity contribution in [3.05, 3.63) is 6.16 Å². The fourth-order valence-electron chi connectivity index (χ4n) is 0.956. The lowest BCUT2D eigenvalue weighted by atomic mass is 10.3. The molecule has 0 heterocycles. The first kappa shape index (κ1) is 13.2. The second-order valence-corrected chi connectivity index (χ2v) is 4.66. The van der Waals surface area contributed by atoms with Gasteiger partial charge >= 0.3 is 0 Å². The van der Waals surface area contributed by atoms with Crippen LogP contribution in [0.15, 0.2) is 0 Å². The predicted octanol–water partition coefficient (Wildman–Crippen LogP) is 3.60. The molecule has 80 valence electrons. The van der Waals surface area contributed by atoms with E-state index in [1.54, 1.807) is 6.16 Å². The average molecular weight is 207 g/mol. The van der Waals surface area contributed by atoms with Crippen LogP contribution in [-0.2, 0) is 13.6 Å². The van der Waals surface area contributed by atoms with Crippen molar-refractivity contribution in [3.63, 3.8) is 0 Å². The number of hydrogen-bond acceptors (Lipinski definition) is 3. The van der Waals surface area contributed by atoms with Crippen LogP contribution in [0.5, 0.6) is 0 Å². The first-order valence-corrected chi connectivity index (χ1v) is 6.52. The predicted molar refractivity (Wildman–Crippen MR) is 54.7 cm³/mol. The fraction of sp³-hybridized carbons (Fsp3) is 0.889. The molecular weight excluding hydrogens is 187 g/mol. The molecule has 0 spiro atoms. The minimum atomic E-state index is -2.87. The van der Waals surface area contributed by atoms with E-state index in [-0.39, 0.29) is 0 Å². The summed E-state index contributed by atoms with van der Waals surface area (Å²) in [5.41, 5.74) is 0. The van der Waals surface area contributed by atoms with E-state index in [0.717, 1.165) is 19.3 Å². The Hall–Kier alpha value is 0.150. The molecule has 3 nitrogen and oxygen atoms in total. The van der Waals surface area contributed by atoms with Crippen LogP contribution in [0.3, 0.4) is 0 Å². The standard InChI is InChI=1S/C9H20O3P/c1-4-7-8-9-13(10,11-5-2)12-6-3/h9H,4-8H2,1-3H3/q-1. The van der Waals surface area contributed by atoms with E-state index in [0.29, 0.717) is 13.2 Å². The Balaban J connectivity index is 3.85. The number of unbranched alkanes of at least 4 members (excludes halogenated alkanes) is 2. The topological polar surface area (TPSA) is 35.5 Å². The van der Waals surface area contributed by atoms with Gasteiger partial charge in [0.1, 0.15) is 0 Å². The van der Waals surface area contributed by atoms with E-state index < -0.39 is 7.60 Å². The minimum absolute atomic E-state index is 0.430. The first-order chi connectivity index (χ1) is 6.18. The van der Waals surface area contributed by atoms with Crippen LogP contribution >= 0.6 is 7.60 Å². The second kappa shape index (κ2) is 7.54. The summed E-state index contributed by atoms with van der Waals surface area (Å²) in [6, 6.07) is 0. The van der Waals surface area contributed by atoms with Crippen LogP contribution in [0.1, 0.15) is 40.0 Å². The lowest BCUT2D eigenvalue weighted by Crippen LogP contribution is -1.96. The maximum absolute atomic E-state index is 11.8. The Bertz CT molecular complexity index is 149. The first-order valence-electron chi connectivity index (χ1n) is 4.91. The van der Waals surface area contributed by atoms with Crippen molar-refractivity contribution in [1.82, 2.24) is 0 Å². The van der Waals surface area contributed by atoms with Crippen molar-refractivity contribution in [2.75, 3.05) is 13.2 Å². The van der Waals surface area contributed by atoms with Crippen molar-refractivity contribution in [1.29, 1.82) is 0 Å². The van der Waals surface area contributed by atoms with Crippen LogP contribution in [0.4, 0.5) is 0 Å². The molecule has 0 saturated carbocycles. The summed E-state index contributed by atoms with van der Waals surface area (Å²) in [5, 5.41) is 0. The normalized spacial score (nSPS) is 11.9. The summed E-state index contributed by atoms with van der Waals surface area (Å²) in [6.45, 7) is 6.60. The van der Waals surface area contributed by atoms with E-state index in [1.807, 2.05) is 13.8 Å². The minimum Gasteiger partial charge on any atom is -0.331 e. The summed E-state index contributed by atoms with van der Waals surface area (Å²) in [6.07, 6.45) is 4.61. The van der Waals surface area contributed by atoms with Gasteiger partial charge in [-0.2, -0.15) is 6.42 Å². The van der Waals surface area contributed by atoms with E-state index in [2.05, 4.69) is 6.92 Å². The molecule has 0 aliphatic rings. The Labute approximate surface area is 81.3 Å². The monoisotopic (exact) mass is 207 g/mol. The lowest BCUT2D eigenvalue weighted by Gasteiger charge is -2.25. The van der Waals surface area contributed by atoms with Gasteiger partial charge in [0.15, 0.2) is 7.60 Å². The summed E-state index contributed by atoms with van der Waals surface area (Å²) in [7, 11) is -2.87. The van der Waals surface area contributed by atoms with Gasteiger partial charge in [-0.05, 0) is 13.8 Å². The van der Waals surface area contributed by atoms with Crippen LogP contribution in [0.25, 0.3) is 0 Å². The number of rotatable bonds is 8. The molecule has 0 aromatic heterocycles. The zero-order valence-electron chi connectivity index (χ0n) is 8.78. The average Bonchev–Trinajstić information content (AvgIpc) is 2.05. The van der Waals surface area contributed by atoms with Crippen molar-refractivity contribution in [2.24, 2.45) is 0 Å². The molecule has 0 aromatic rings. The van der Waals surface area contributed by atoms with Gasteiger partial charge < -0.3 is 9.05 Å². The molecule has 0 aromatic carbocycles. The van der Waals surface area contributed by atoms with Crippen LogP contribution < -0.4 is 0 Å². The van der Waals surface area contributed by atoms with Gasteiger partial charge in [-0.25, -0.2) is 6.16 Å². The maximum atomic E-state index is 11.8. The molecule has 0 radical (unpaired) electrons. The summed E-state index contributed by atoms with van der Waals surface area (Å²) in [5.74, 6) is 0. The SMILES string of the molecule is CCCC[CH-]P(=O)(OCC)OCC. The summed E-state index contributed by atoms with van der Waals surface area (Å²) < 4.78 is 22.0. The Morgan fingerprint density at radius 1 is 1.15 bits per heavy atom. The van der Waals surface area contributed by atoms with E-state index in [1.165, 1.54) is 0 Å². The van der Waals surface area contributed by atoms with Crippen molar-refractivity contribution < 1.29 is 13.6 Å². The van der Waals surface area contributed by atoms with E-state index in [4.69, 9.17) is 9.05 Å². The third-order valence-electron chi connectivity index (χ3n) is 1.53. The molecule has 0 aliphatic carbocycles. The largest absolute Gasteiger partial charge is 0.331 e. The molecule has 0 rings (SSSR count). The van der Waals surface area contributed by atoms with Gasteiger partial charge in [-0.3, -0.25) is 4.57 Å². The van der Waals surface area contributed by atoms with Gasteiger partial charge in [0, 0.05) is 0 Å². The van der Waals surface area contributed by atoms with Crippen LogP contribution in [0, 0.1) is 6.16 Å². The molecular formula is C9H20O3P-. The Morgan fingerprint density at radius 2 is 1.69 bits per heavy atom. The molecule has 4 heteroatoms. The molecule has 0 amide bonds. The van der Waals surface area contributed by atoms with E-state index in [9.17, 15) is 4.57 Å². The highest BCUT2D eigenvalue weighted by atomic mass is 31.2. The van der Waals surface area contributed by atoms with Gasteiger partial charge in [0.05, 0.1) is 13.2 Å². The van der Waals surface area contributed by atoms with Crippen molar-refractivity contribution in [2.45, 2.75) is 40.0 Å². The lowest BCUT2D eigenvalue weighted by molar-refractivity contribution is 0.224. The molecule has 0 unspecified atom stereocenters. The van der Waals surface area contributed by atoms with E-state index >= 15 is 0 Å². The highest BCUT2D eigenvalue weighted by Gasteiger charge is 2.10. The molecule has 0 N–H and O–H groups in total. The Kier molecular flexibility index (Phi) is 7.63. The highest BCUT2D eigenvalue weighted by Crippen LogP contribution is 2.52. The number of hydrogen-bond donors (Lipinski definition) is 0. The molecule has 0 bridgehead atoms. The van der Waals surface area contributed by atoms with Crippen LogP contribution in [-0.4, -0.2) is 13.2 Å². The smallest absolute Gasteiger partial charge is 0.187 e. The third kappa shape index (κ3) is 6.25. The van der Waals surface area contributed by atoms with Crippen molar-refractivity contribution in [3.8, 4) is 0 Å². The molecule has 13 heavy (non-hydrogen) atoms. The molecule has 0 aliphatic heterocycles. The zero-order valence-corrected chi connectivity index (χ0v) is 9.68. The molecule has 0 atom stereocenters. The van der Waals surface area contributed by atoms with Crippen LogP contribution in [0.2, 0.25) is 0 Å². The third-order valence-corrected chi connectivity index (χ3v) is 3.47. The summed E-state index contributed by atoms with van der Waals surface area (Å²) in [4.78, 5) is 0. The van der Waals surface area contributed by atoms with Gasteiger partial charge in [0.2, 0.25) is 0 Å². The molecule has 0 fully saturated rings. The highest BCUT2D eigenvalue weighted by molar-refractivity contribution is 7.56. The quantitative estimate of drug-likeness (QED) is 0.346. The zero-order chi connectivity index (χ0) is 10.2. The molecule has 0 saturated heterocycles. The second-order valence-electron chi connectivity index (χ2n) is 2.70. The summed E-state index contributed by atoms with van der Waals surface area (Å²) >= 11 is 0. The Morgan fingerprint density at radius 3 is 2.08 bits per heavy atom. The van der Waals surface area contributed by atoms with Crippen molar-refractivity contribution >= 4 is 7.60 Å². The van der Waals surface area contributed by atoms with Gasteiger partial charge in [-0.15, -0.1) is 0 Å².